The number of pyridine rings is 2. The van der Waals surface area contributed by atoms with E-state index in [-0.39, 0.29) is 35.6 Å². The topological polar surface area (TPSA) is 151 Å². The highest BCUT2D eigenvalue weighted by atomic mass is 32.2. The second-order valence-corrected chi connectivity index (χ2v) is 12.4. The van der Waals surface area contributed by atoms with Crippen molar-refractivity contribution in [1.82, 2.24) is 41.2 Å². The van der Waals surface area contributed by atoms with Gasteiger partial charge in [0.25, 0.3) is 5.91 Å². The SMILES string of the molecule is O=C(CCCC[C@@H]1SC[C@@H]2NC(=O)N[C@@H]21)NCCCCCCNC(=O)c1cnc2c3cccnc3c3ncccc3c2n1. The van der Waals surface area contributed by atoms with Crippen molar-refractivity contribution < 1.29 is 14.4 Å². The molecule has 2 saturated heterocycles. The van der Waals surface area contributed by atoms with E-state index in [1.165, 1.54) is 6.20 Å². The summed E-state index contributed by atoms with van der Waals surface area (Å²) in [5.74, 6) is 0.816. The number of thioether (sulfide) groups is 1. The van der Waals surface area contributed by atoms with Gasteiger partial charge in [0.1, 0.15) is 5.69 Å². The van der Waals surface area contributed by atoms with E-state index in [0.717, 1.165) is 72.5 Å². The maximum Gasteiger partial charge on any atom is 0.315 e. The molecule has 2 aliphatic heterocycles. The number of carbonyl (C=O) groups is 3. The zero-order valence-electron chi connectivity index (χ0n) is 24.0. The van der Waals surface area contributed by atoms with Gasteiger partial charge in [-0.25, -0.2) is 9.78 Å². The minimum Gasteiger partial charge on any atom is -0.356 e. The largest absolute Gasteiger partial charge is 0.356 e. The van der Waals surface area contributed by atoms with E-state index in [4.69, 9.17) is 0 Å². The molecule has 3 aromatic heterocycles. The van der Waals surface area contributed by atoms with Gasteiger partial charge in [-0.05, 0) is 49.9 Å². The fourth-order valence-corrected chi connectivity index (χ4v) is 7.48. The fraction of sp³-hybridized carbons (Fsp3) is 0.452. The molecular weight excluding hydrogens is 564 g/mol. The smallest absolute Gasteiger partial charge is 0.315 e. The van der Waals surface area contributed by atoms with E-state index in [2.05, 4.69) is 41.2 Å². The summed E-state index contributed by atoms with van der Waals surface area (Å²) in [4.78, 5) is 54.8. The highest BCUT2D eigenvalue weighted by molar-refractivity contribution is 8.00. The second kappa shape index (κ2) is 13.5. The third-order valence-electron chi connectivity index (χ3n) is 8.15. The molecule has 2 fully saturated rings. The third kappa shape index (κ3) is 6.64. The fourth-order valence-electron chi connectivity index (χ4n) is 5.94. The molecule has 0 saturated carbocycles. The lowest BCUT2D eigenvalue weighted by atomic mass is 10.0. The number of urea groups is 1. The van der Waals surface area contributed by atoms with Crippen LogP contribution in [-0.2, 0) is 4.79 Å². The Balaban J connectivity index is 0.868. The zero-order chi connectivity index (χ0) is 29.6. The molecule has 43 heavy (non-hydrogen) atoms. The zero-order valence-corrected chi connectivity index (χ0v) is 24.8. The quantitative estimate of drug-likeness (QED) is 0.103. The first kappa shape index (κ1) is 29.0. The Morgan fingerprint density at radius 3 is 2.30 bits per heavy atom. The van der Waals surface area contributed by atoms with E-state index in [0.29, 0.717) is 35.8 Å². The molecule has 0 unspecified atom stereocenters. The van der Waals surface area contributed by atoms with E-state index in [9.17, 15) is 14.4 Å². The second-order valence-electron chi connectivity index (χ2n) is 11.1. The molecule has 224 valence electrons. The highest BCUT2D eigenvalue weighted by Gasteiger charge is 2.42. The monoisotopic (exact) mass is 600 g/mol. The van der Waals surface area contributed by atoms with E-state index < -0.39 is 0 Å². The van der Waals surface area contributed by atoms with E-state index in [1.54, 1.807) is 12.4 Å². The van der Waals surface area contributed by atoms with Crippen LogP contribution >= 0.6 is 11.8 Å². The van der Waals surface area contributed by atoms with Crippen LogP contribution in [0.2, 0.25) is 0 Å². The van der Waals surface area contributed by atoms with Crippen molar-refractivity contribution in [1.29, 1.82) is 0 Å². The molecule has 3 atom stereocenters. The van der Waals surface area contributed by atoms with Crippen LogP contribution in [0.1, 0.15) is 61.9 Å². The molecule has 0 spiro atoms. The number of rotatable bonds is 13. The highest BCUT2D eigenvalue weighted by Crippen LogP contribution is 2.33. The molecule has 4 aromatic rings. The minimum atomic E-state index is -0.249. The first-order valence-electron chi connectivity index (χ1n) is 15.1. The summed E-state index contributed by atoms with van der Waals surface area (Å²) in [5.41, 5.74) is 3.12. The van der Waals surface area contributed by atoms with Crippen LogP contribution in [0.4, 0.5) is 4.79 Å². The van der Waals surface area contributed by atoms with Gasteiger partial charge >= 0.3 is 6.03 Å². The number of hydrogen-bond acceptors (Lipinski definition) is 8. The van der Waals surface area contributed by atoms with Crippen molar-refractivity contribution in [2.45, 2.75) is 68.7 Å². The summed E-state index contributed by atoms with van der Waals surface area (Å²) < 4.78 is 0. The normalized spacial score (nSPS) is 19.3. The number of fused-ring (bicyclic) bond motifs is 7. The standard InChI is InChI=1S/C31H36N8O3S/c40-24(12-4-3-11-23-29-22(18-43-23)38-31(42)39-29)32-13-5-1-2-6-14-35-30(41)21-17-36-27-19-9-7-15-33-25(19)26-20(28(27)37-21)10-8-16-34-26/h7-10,15-17,22-23,29H,1-6,11-14,18H2,(H,32,40)(H,35,41)(H2,38,39,42)/t22-,23-,29-/m0/s1. The summed E-state index contributed by atoms with van der Waals surface area (Å²) in [7, 11) is 0. The lowest BCUT2D eigenvalue weighted by molar-refractivity contribution is -0.121. The average molecular weight is 601 g/mol. The Kier molecular flexibility index (Phi) is 9.11. The van der Waals surface area contributed by atoms with Gasteiger partial charge in [-0.15, -0.1) is 0 Å². The number of aromatic nitrogens is 4. The Hall–Kier alpha value is -4.06. The number of carbonyl (C=O) groups excluding carboxylic acids is 3. The number of hydrogen-bond donors (Lipinski definition) is 4. The molecule has 0 radical (unpaired) electrons. The van der Waals surface area contributed by atoms with Gasteiger partial charge in [0.15, 0.2) is 0 Å². The number of amides is 4. The summed E-state index contributed by atoms with van der Waals surface area (Å²) in [6, 6.07) is 8.00. The van der Waals surface area contributed by atoms with Crippen molar-refractivity contribution in [2.24, 2.45) is 0 Å². The predicted octanol–water partition coefficient (Wildman–Crippen LogP) is 3.86. The Morgan fingerprint density at radius 2 is 1.53 bits per heavy atom. The van der Waals surface area contributed by atoms with Crippen LogP contribution in [0.3, 0.4) is 0 Å². The van der Waals surface area contributed by atoms with Crippen molar-refractivity contribution in [3.8, 4) is 0 Å². The molecule has 1 aromatic carbocycles. The number of nitrogens with one attached hydrogen (secondary N) is 4. The van der Waals surface area contributed by atoms with E-state index >= 15 is 0 Å². The van der Waals surface area contributed by atoms with Crippen molar-refractivity contribution >= 4 is 62.4 Å². The molecule has 0 aliphatic carbocycles. The van der Waals surface area contributed by atoms with Crippen LogP contribution in [0, 0.1) is 0 Å². The van der Waals surface area contributed by atoms with Crippen molar-refractivity contribution in [2.75, 3.05) is 18.8 Å². The molecule has 0 bridgehead atoms. The molecule has 5 heterocycles. The molecule has 4 amide bonds. The number of unbranched alkanes of at least 4 members (excludes halogenated alkanes) is 4. The first-order chi connectivity index (χ1) is 21.1. The maximum atomic E-state index is 12.8. The van der Waals surface area contributed by atoms with Gasteiger partial charge in [-0.2, -0.15) is 11.8 Å². The summed E-state index contributed by atoms with van der Waals surface area (Å²) >= 11 is 1.91. The van der Waals surface area contributed by atoms with Crippen molar-refractivity contribution in [3.05, 3.63) is 48.5 Å². The van der Waals surface area contributed by atoms with Gasteiger partial charge in [-0.1, -0.05) is 19.3 Å². The maximum absolute atomic E-state index is 12.8. The minimum absolute atomic E-state index is 0.0559. The van der Waals surface area contributed by atoms with Gasteiger partial charge in [-0.3, -0.25) is 24.5 Å². The predicted molar refractivity (Wildman–Crippen MR) is 168 cm³/mol. The van der Waals surface area contributed by atoms with Crippen LogP contribution in [0.5, 0.6) is 0 Å². The lowest BCUT2D eigenvalue weighted by Crippen LogP contribution is -2.36. The van der Waals surface area contributed by atoms with Crippen LogP contribution < -0.4 is 21.3 Å². The summed E-state index contributed by atoms with van der Waals surface area (Å²) in [6.45, 7) is 1.22. The summed E-state index contributed by atoms with van der Waals surface area (Å²) in [6.07, 6.45) is 12.1. The van der Waals surface area contributed by atoms with Crippen LogP contribution in [-0.4, -0.2) is 74.0 Å². The Bertz CT molecular complexity index is 1610. The molecular formula is C31H36N8O3S. The van der Waals surface area contributed by atoms with Gasteiger partial charge in [0.05, 0.1) is 40.3 Å². The first-order valence-corrected chi connectivity index (χ1v) is 16.1. The Labute approximate surface area is 253 Å². The van der Waals surface area contributed by atoms with Gasteiger partial charge < -0.3 is 21.3 Å². The lowest BCUT2D eigenvalue weighted by Gasteiger charge is -2.16. The molecule has 2 aliphatic rings. The number of nitrogens with zero attached hydrogens (tertiary/aromatic N) is 4. The average Bonchev–Trinajstić information content (AvgIpc) is 3.59. The molecule has 11 nitrogen and oxygen atoms in total. The molecule has 6 rings (SSSR count). The molecule has 12 heteroatoms. The van der Waals surface area contributed by atoms with Crippen LogP contribution in [0.25, 0.3) is 32.8 Å². The summed E-state index contributed by atoms with van der Waals surface area (Å²) in [5, 5.41) is 14.1. The number of benzene rings is 1. The van der Waals surface area contributed by atoms with Gasteiger partial charge in [0, 0.05) is 53.7 Å². The van der Waals surface area contributed by atoms with E-state index in [1.807, 2.05) is 36.0 Å². The third-order valence-corrected chi connectivity index (χ3v) is 9.66. The van der Waals surface area contributed by atoms with Crippen molar-refractivity contribution in [3.63, 3.8) is 0 Å². The van der Waals surface area contributed by atoms with Crippen LogP contribution in [0.15, 0.2) is 42.9 Å². The van der Waals surface area contributed by atoms with Gasteiger partial charge in [0.2, 0.25) is 5.91 Å². The molecule has 4 N–H and O–H groups in total. The Morgan fingerprint density at radius 1 is 0.837 bits per heavy atom.